The fraction of sp³-hybridized carbons (Fsp3) is 0.538. The first-order valence-corrected chi connectivity index (χ1v) is 5.74. The van der Waals surface area contributed by atoms with Gasteiger partial charge in [0, 0.05) is 32.3 Å². The normalized spacial score (nSPS) is 10.9. The van der Waals surface area contributed by atoms with Crippen LogP contribution in [0.2, 0.25) is 0 Å². The molecule has 2 N–H and O–H groups in total. The van der Waals surface area contributed by atoms with E-state index in [-0.39, 0.29) is 0 Å². The average molecular weight is 238 g/mol. The lowest BCUT2D eigenvalue weighted by Crippen LogP contribution is -2.22. The Balaban J connectivity index is 2.72. The van der Waals surface area contributed by atoms with Crippen LogP contribution in [0.25, 0.3) is 0 Å². The highest BCUT2D eigenvalue weighted by Gasteiger charge is 2.07. The Labute approximate surface area is 103 Å². The molecule has 0 aliphatic carbocycles. The van der Waals surface area contributed by atoms with Gasteiger partial charge in [0.2, 0.25) is 0 Å². The summed E-state index contributed by atoms with van der Waals surface area (Å²) in [4.78, 5) is 2.20. The molecule has 0 aliphatic heterocycles. The van der Waals surface area contributed by atoms with Gasteiger partial charge in [-0.05, 0) is 24.7 Å². The number of hydrogen-bond donors (Lipinski definition) is 1. The van der Waals surface area contributed by atoms with Crippen molar-refractivity contribution in [2.24, 2.45) is 5.73 Å². The minimum absolute atomic E-state index is 0.554. The number of rotatable bonds is 7. The molecule has 0 aromatic heterocycles. The molecule has 4 nitrogen and oxygen atoms in total. The molecule has 0 aliphatic rings. The molecule has 0 atom stereocenters. The SMILES string of the molecule is COCCN(C)Cc1cc(CN)ccc1OC. The van der Waals surface area contributed by atoms with Crippen molar-refractivity contribution in [3.63, 3.8) is 0 Å². The Hall–Kier alpha value is -1.10. The number of hydrogen-bond acceptors (Lipinski definition) is 4. The molecule has 4 heteroatoms. The molecular formula is C13H22N2O2. The van der Waals surface area contributed by atoms with E-state index in [4.69, 9.17) is 15.2 Å². The predicted molar refractivity (Wildman–Crippen MR) is 69.1 cm³/mol. The summed E-state index contributed by atoms with van der Waals surface area (Å²) in [6.07, 6.45) is 0. The van der Waals surface area contributed by atoms with E-state index in [2.05, 4.69) is 18.0 Å². The van der Waals surface area contributed by atoms with Crippen LogP contribution in [0, 0.1) is 0 Å². The molecule has 0 heterocycles. The van der Waals surface area contributed by atoms with Gasteiger partial charge in [0.25, 0.3) is 0 Å². The van der Waals surface area contributed by atoms with Gasteiger partial charge in [-0.2, -0.15) is 0 Å². The maximum atomic E-state index is 5.65. The molecule has 0 unspecified atom stereocenters. The molecule has 0 saturated heterocycles. The molecular weight excluding hydrogens is 216 g/mol. The molecule has 0 bridgehead atoms. The number of ether oxygens (including phenoxy) is 2. The van der Waals surface area contributed by atoms with Crippen molar-refractivity contribution in [2.75, 3.05) is 34.4 Å². The zero-order valence-electron chi connectivity index (χ0n) is 10.9. The molecule has 0 saturated carbocycles. The molecule has 0 fully saturated rings. The van der Waals surface area contributed by atoms with E-state index >= 15 is 0 Å². The highest BCUT2D eigenvalue weighted by atomic mass is 16.5. The number of methoxy groups -OCH3 is 2. The van der Waals surface area contributed by atoms with E-state index in [1.54, 1.807) is 14.2 Å². The largest absolute Gasteiger partial charge is 0.496 e. The second-order valence-electron chi connectivity index (χ2n) is 4.08. The van der Waals surface area contributed by atoms with Crippen LogP contribution in [-0.4, -0.2) is 39.3 Å². The van der Waals surface area contributed by atoms with Crippen LogP contribution in [0.3, 0.4) is 0 Å². The highest BCUT2D eigenvalue weighted by Crippen LogP contribution is 2.21. The van der Waals surface area contributed by atoms with E-state index in [0.29, 0.717) is 6.54 Å². The van der Waals surface area contributed by atoms with E-state index in [1.165, 1.54) is 0 Å². The third-order valence-corrected chi connectivity index (χ3v) is 2.70. The van der Waals surface area contributed by atoms with Crippen LogP contribution in [-0.2, 0) is 17.8 Å². The lowest BCUT2D eigenvalue weighted by atomic mass is 10.1. The van der Waals surface area contributed by atoms with Gasteiger partial charge in [-0.15, -0.1) is 0 Å². The van der Waals surface area contributed by atoms with Crippen LogP contribution >= 0.6 is 0 Å². The lowest BCUT2D eigenvalue weighted by Gasteiger charge is -2.18. The van der Waals surface area contributed by atoms with E-state index < -0.39 is 0 Å². The molecule has 1 rings (SSSR count). The summed E-state index contributed by atoms with van der Waals surface area (Å²) >= 11 is 0. The second kappa shape index (κ2) is 7.27. The highest BCUT2D eigenvalue weighted by molar-refractivity contribution is 5.37. The van der Waals surface area contributed by atoms with Crippen LogP contribution < -0.4 is 10.5 Å². The maximum Gasteiger partial charge on any atom is 0.123 e. The minimum atomic E-state index is 0.554. The number of nitrogens with two attached hydrogens (primary N) is 1. The second-order valence-corrected chi connectivity index (χ2v) is 4.08. The van der Waals surface area contributed by atoms with Crippen LogP contribution in [0.5, 0.6) is 5.75 Å². The summed E-state index contributed by atoms with van der Waals surface area (Å²) in [5, 5.41) is 0. The fourth-order valence-corrected chi connectivity index (χ4v) is 1.70. The van der Waals surface area contributed by atoms with Gasteiger partial charge in [-0.1, -0.05) is 6.07 Å². The molecule has 96 valence electrons. The van der Waals surface area contributed by atoms with Crippen LogP contribution in [0.1, 0.15) is 11.1 Å². The summed E-state index contributed by atoms with van der Waals surface area (Å²) in [5.41, 5.74) is 7.93. The van der Waals surface area contributed by atoms with E-state index in [1.807, 2.05) is 12.1 Å². The van der Waals surface area contributed by atoms with Crippen molar-refractivity contribution in [1.29, 1.82) is 0 Å². The Bertz CT molecular complexity index is 342. The Morgan fingerprint density at radius 3 is 2.65 bits per heavy atom. The molecule has 1 aromatic rings. The van der Waals surface area contributed by atoms with Crippen LogP contribution in [0.4, 0.5) is 0 Å². The third kappa shape index (κ3) is 4.34. The fourth-order valence-electron chi connectivity index (χ4n) is 1.70. The monoisotopic (exact) mass is 238 g/mol. The molecule has 0 radical (unpaired) electrons. The first-order valence-electron chi connectivity index (χ1n) is 5.74. The smallest absolute Gasteiger partial charge is 0.123 e. The minimum Gasteiger partial charge on any atom is -0.496 e. The number of nitrogens with zero attached hydrogens (tertiary/aromatic N) is 1. The van der Waals surface area contributed by atoms with Crippen molar-refractivity contribution in [3.8, 4) is 5.75 Å². The maximum absolute atomic E-state index is 5.65. The Kier molecular flexibility index (Phi) is 5.97. The average Bonchev–Trinajstić information content (AvgIpc) is 2.36. The summed E-state index contributed by atoms with van der Waals surface area (Å²) in [7, 11) is 5.47. The number of likely N-dealkylation sites (N-methyl/N-ethyl adjacent to an activating group) is 1. The van der Waals surface area contributed by atoms with E-state index in [9.17, 15) is 0 Å². The van der Waals surface area contributed by atoms with E-state index in [0.717, 1.165) is 36.6 Å². The lowest BCUT2D eigenvalue weighted by molar-refractivity contribution is 0.158. The first-order chi connectivity index (χ1) is 8.21. The zero-order chi connectivity index (χ0) is 12.7. The van der Waals surface area contributed by atoms with Gasteiger partial charge >= 0.3 is 0 Å². The Morgan fingerprint density at radius 2 is 2.06 bits per heavy atom. The van der Waals surface area contributed by atoms with Gasteiger partial charge in [-0.3, -0.25) is 4.90 Å². The third-order valence-electron chi connectivity index (χ3n) is 2.70. The van der Waals surface area contributed by atoms with Gasteiger partial charge in [-0.25, -0.2) is 0 Å². The topological polar surface area (TPSA) is 47.7 Å². The van der Waals surface area contributed by atoms with Crippen molar-refractivity contribution in [1.82, 2.24) is 4.90 Å². The van der Waals surface area contributed by atoms with Gasteiger partial charge in [0.1, 0.15) is 5.75 Å². The molecule has 1 aromatic carbocycles. The van der Waals surface area contributed by atoms with Gasteiger partial charge in [0.15, 0.2) is 0 Å². The Morgan fingerprint density at radius 1 is 1.29 bits per heavy atom. The van der Waals surface area contributed by atoms with Gasteiger partial charge in [0.05, 0.1) is 13.7 Å². The summed E-state index contributed by atoms with van der Waals surface area (Å²) in [5.74, 6) is 0.909. The molecule has 0 amide bonds. The van der Waals surface area contributed by atoms with Crippen LogP contribution in [0.15, 0.2) is 18.2 Å². The standard InChI is InChI=1S/C13H22N2O2/c1-15(6-7-16-2)10-12-8-11(9-14)4-5-13(12)17-3/h4-5,8H,6-7,9-10,14H2,1-3H3. The summed E-state index contributed by atoms with van der Waals surface area (Å²) in [6.45, 7) is 3.01. The van der Waals surface area contributed by atoms with Crippen molar-refractivity contribution in [2.45, 2.75) is 13.1 Å². The predicted octanol–water partition coefficient (Wildman–Crippen LogP) is 1.23. The molecule has 0 spiro atoms. The number of benzene rings is 1. The van der Waals surface area contributed by atoms with Crippen molar-refractivity contribution >= 4 is 0 Å². The quantitative estimate of drug-likeness (QED) is 0.776. The zero-order valence-corrected chi connectivity index (χ0v) is 10.9. The van der Waals surface area contributed by atoms with Crippen molar-refractivity contribution in [3.05, 3.63) is 29.3 Å². The molecule has 17 heavy (non-hydrogen) atoms. The summed E-state index contributed by atoms with van der Waals surface area (Å²) in [6, 6.07) is 6.07. The van der Waals surface area contributed by atoms with Crippen molar-refractivity contribution < 1.29 is 9.47 Å². The van der Waals surface area contributed by atoms with Gasteiger partial charge < -0.3 is 15.2 Å². The first kappa shape index (κ1) is 14.0. The summed E-state index contributed by atoms with van der Waals surface area (Å²) < 4.78 is 10.4.